The van der Waals surface area contributed by atoms with E-state index in [1.807, 2.05) is 0 Å². The van der Waals surface area contributed by atoms with Gasteiger partial charge in [-0.2, -0.15) is 0 Å². The molecular weight excluding hydrogens is 276 g/mol. The molecule has 19 heavy (non-hydrogen) atoms. The van der Waals surface area contributed by atoms with Crippen molar-refractivity contribution < 1.29 is 24.5 Å². The molecule has 1 heterocycles. The molecule has 0 bridgehead atoms. The first kappa shape index (κ1) is 15.9. The highest BCUT2D eigenvalue weighted by atomic mass is 35.5. The van der Waals surface area contributed by atoms with Gasteiger partial charge in [-0.3, -0.25) is 9.69 Å². The Kier molecular flexibility index (Phi) is 4.92. The van der Waals surface area contributed by atoms with Gasteiger partial charge in [-0.1, -0.05) is 0 Å². The van der Waals surface area contributed by atoms with Gasteiger partial charge in [0.05, 0.1) is 6.61 Å². The molecule has 108 valence electrons. The minimum Gasteiger partial charge on any atom is -0.394 e. The second-order valence-electron chi connectivity index (χ2n) is 4.48. The number of ether oxygens (including phenoxy) is 1. The molecule has 0 unspecified atom stereocenters. The zero-order valence-corrected chi connectivity index (χ0v) is 11.4. The predicted octanol–water partition coefficient (Wildman–Crippen LogP) is -0.455. The van der Waals surface area contributed by atoms with Crippen LogP contribution in [0.2, 0.25) is 0 Å². The van der Waals surface area contributed by atoms with Crippen molar-refractivity contribution in [1.82, 2.24) is 4.90 Å². The number of urea groups is 1. The fourth-order valence-electron chi connectivity index (χ4n) is 1.82. The van der Waals surface area contributed by atoms with Gasteiger partial charge in [-0.25, -0.2) is 4.79 Å². The van der Waals surface area contributed by atoms with E-state index in [0.29, 0.717) is 0 Å². The van der Waals surface area contributed by atoms with E-state index >= 15 is 0 Å². The minimum atomic E-state index is -1.36. The Morgan fingerprint density at radius 2 is 2.16 bits per heavy atom. The van der Waals surface area contributed by atoms with Gasteiger partial charge in [-0.15, -0.1) is 11.6 Å². The smallest absolute Gasteiger partial charge is 0.320 e. The number of ketones is 1. The summed E-state index contributed by atoms with van der Waals surface area (Å²) in [4.78, 5) is 21.8. The van der Waals surface area contributed by atoms with Gasteiger partial charge >= 0.3 is 6.03 Å². The summed E-state index contributed by atoms with van der Waals surface area (Å²) in [6.07, 6.45) is -0.937. The summed E-state index contributed by atoms with van der Waals surface area (Å²) in [6.45, 7) is 2.30. The van der Waals surface area contributed by atoms with Crippen LogP contribution in [0, 0.1) is 0 Å². The van der Waals surface area contributed by atoms with E-state index in [2.05, 4.69) is 0 Å². The normalized spacial score (nSPS) is 34.7. The van der Waals surface area contributed by atoms with Crippen LogP contribution in [0.3, 0.4) is 0 Å². The lowest BCUT2D eigenvalue weighted by molar-refractivity contribution is -0.112. The highest BCUT2D eigenvalue weighted by molar-refractivity contribution is 6.25. The SMILES string of the molecule is CC(=O)/C=C\N(C(N)=O)[C@@H]1O[C@H](CO)[C@@H](O)[C@@]1(C)Cl. The quantitative estimate of drug-likeness (QED) is 0.479. The fourth-order valence-corrected chi connectivity index (χ4v) is 2.11. The molecule has 1 rings (SSSR count). The van der Waals surface area contributed by atoms with Crippen LogP contribution in [-0.2, 0) is 9.53 Å². The van der Waals surface area contributed by atoms with Gasteiger partial charge in [-0.05, 0) is 19.9 Å². The van der Waals surface area contributed by atoms with Gasteiger partial charge in [0.25, 0.3) is 0 Å². The molecule has 1 aliphatic heterocycles. The van der Waals surface area contributed by atoms with Crippen molar-refractivity contribution >= 4 is 23.4 Å². The van der Waals surface area contributed by atoms with Crippen LogP contribution in [0.4, 0.5) is 4.79 Å². The number of hydrogen-bond acceptors (Lipinski definition) is 5. The number of alkyl halides is 1. The number of rotatable bonds is 4. The first-order valence-corrected chi connectivity index (χ1v) is 5.99. The van der Waals surface area contributed by atoms with Crippen LogP contribution in [-0.4, -0.2) is 56.8 Å². The maximum atomic E-state index is 11.4. The van der Waals surface area contributed by atoms with Crippen LogP contribution in [0.15, 0.2) is 12.3 Å². The number of carbonyl (C=O) groups excluding carboxylic acids is 2. The van der Waals surface area contributed by atoms with Gasteiger partial charge in [0.2, 0.25) is 0 Å². The molecule has 0 aromatic carbocycles. The number of nitrogens with zero attached hydrogens (tertiary/aromatic N) is 1. The highest BCUT2D eigenvalue weighted by Gasteiger charge is 2.54. The van der Waals surface area contributed by atoms with Crippen LogP contribution in [0.1, 0.15) is 13.8 Å². The molecule has 1 saturated heterocycles. The molecule has 0 saturated carbocycles. The summed E-state index contributed by atoms with van der Waals surface area (Å²) in [7, 11) is 0. The Morgan fingerprint density at radius 3 is 2.53 bits per heavy atom. The lowest BCUT2D eigenvalue weighted by Crippen LogP contribution is -2.51. The lowest BCUT2D eigenvalue weighted by atomic mass is 10.0. The van der Waals surface area contributed by atoms with Crippen LogP contribution >= 0.6 is 11.6 Å². The van der Waals surface area contributed by atoms with Crippen molar-refractivity contribution in [2.24, 2.45) is 5.73 Å². The number of aliphatic hydroxyl groups excluding tert-OH is 2. The summed E-state index contributed by atoms with van der Waals surface area (Å²) in [5.41, 5.74) is 5.20. The lowest BCUT2D eigenvalue weighted by Gasteiger charge is -2.31. The zero-order chi connectivity index (χ0) is 14.8. The molecule has 0 aromatic rings. The highest BCUT2D eigenvalue weighted by Crippen LogP contribution is 2.38. The molecule has 2 amide bonds. The Morgan fingerprint density at radius 1 is 1.58 bits per heavy atom. The Hall–Kier alpha value is -1.15. The number of primary amides is 1. The average Bonchev–Trinajstić information content (AvgIpc) is 2.52. The summed E-state index contributed by atoms with van der Waals surface area (Å²) in [5, 5.41) is 19.0. The number of allylic oxidation sites excluding steroid dienone is 1. The molecular formula is C11H17ClN2O5. The van der Waals surface area contributed by atoms with Gasteiger partial charge in [0, 0.05) is 6.20 Å². The number of halogens is 1. The van der Waals surface area contributed by atoms with E-state index in [9.17, 15) is 14.7 Å². The standard InChI is InChI=1S/C11H17ClN2O5/c1-6(16)3-4-14(10(13)18)9-11(2,12)8(17)7(5-15)19-9/h3-4,7-9,15,17H,5H2,1-2H3,(H2,13,18)/b4-3-/t7-,8-,9-,11-/m1/s1. The Balaban J connectivity index is 3.03. The van der Waals surface area contributed by atoms with Crippen molar-refractivity contribution in [3.63, 3.8) is 0 Å². The third-order valence-electron chi connectivity index (χ3n) is 2.87. The van der Waals surface area contributed by atoms with Crippen molar-refractivity contribution in [1.29, 1.82) is 0 Å². The topological polar surface area (TPSA) is 113 Å². The van der Waals surface area contributed by atoms with Crippen LogP contribution in [0.25, 0.3) is 0 Å². The zero-order valence-electron chi connectivity index (χ0n) is 10.6. The van der Waals surface area contributed by atoms with Crippen molar-refractivity contribution in [3.8, 4) is 0 Å². The van der Waals surface area contributed by atoms with E-state index < -0.39 is 35.9 Å². The summed E-state index contributed by atoms with van der Waals surface area (Å²) in [6, 6.07) is -0.889. The summed E-state index contributed by atoms with van der Waals surface area (Å²) < 4.78 is 5.32. The predicted molar refractivity (Wildman–Crippen MR) is 67.3 cm³/mol. The van der Waals surface area contributed by atoms with Crippen molar-refractivity contribution in [3.05, 3.63) is 12.3 Å². The molecule has 4 N–H and O–H groups in total. The summed E-state index contributed by atoms with van der Waals surface area (Å²) >= 11 is 6.16. The molecule has 1 aliphatic rings. The largest absolute Gasteiger partial charge is 0.394 e. The number of amides is 2. The second kappa shape index (κ2) is 5.87. The van der Waals surface area contributed by atoms with Crippen molar-refractivity contribution in [2.45, 2.75) is 37.2 Å². The van der Waals surface area contributed by atoms with Crippen molar-refractivity contribution in [2.75, 3.05) is 6.61 Å². The first-order valence-electron chi connectivity index (χ1n) is 5.61. The number of hydrogen-bond donors (Lipinski definition) is 3. The van der Waals surface area contributed by atoms with E-state index in [1.165, 1.54) is 13.8 Å². The molecule has 8 heteroatoms. The van der Waals surface area contributed by atoms with E-state index in [1.54, 1.807) is 0 Å². The Bertz CT molecular complexity index is 399. The Labute approximate surface area is 115 Å². The van der Waals surface area contributed by atoms with Crippen LogP contribution in [0.5, 0.6) is 0 Å². The van der Waals surface area contributed by atoms with Gasteiger partial charge < -0.3 is 20.7 Å². The van der Waals surface area contributed by atoms with E-state index in [4.69, 9.17) is 27.2 Å². The molecule has 0 aliphatic carbocycles. The molecule has 0 spiro atoms. The van der Waals surface area contributed by atoms with Gasteiger partial charge in [0.1, 0.15) is 17.1 Å². The van der Waals surface area contributed by atoms with E-state index in [-0.39, 0.29) is 5.78 Å². The molecule has 0 aromatic heterocycles. The maximum Gasteiger partial charge on any atom is 0.320 e. The second-order valence-corrected chi connectivity index (χ2v) is 5.29. The van der Waals surface area contributed by atoms with Gasteiger partial charge in [0.15, 0.2) is 12.0 Å². The molecule has 4 atom stereocenters. The summed E-state index contributed by atoms with van der Waals surface area (Å²) in [5.74, 6) is -0.292. The maximum absolute atomic E-state index is 11.4. The third-order valence-corrected chi connectivity index (χ3v) is 3.28. The first-order chi connectivity index (χ1) is 8.71. The monoisotopic (exact) mass is 292 g/mol. The van der Waals surface area contributed by atoms with Crippen LogP contribution < -0.4 is 5.73 Å². The van der Waals surface area contributed by atoms with E-state index in [0.717, 1.165) is 17.2 Å². The number of aliphatic hydroxyl groups is 2. The number of carbonyl (C=O) groups is 2. The number of nitrogens with two attached hydrogens (primary N) is 1. The molecule has 7 nitrogen and oxygen atoms in total. The fraction of sp³-hybridized carbons (Fsp3) is 0.636. The third kappa shape index (κ3) is 3.24. The minimum absolute atomic E-state index is 0.292. The molecule has 1 fully saturated rings. The average molecular weight is 293 g/mol. The molecule has 0 radical (unpaired) electrons.